The zero-order chi connectivity index (χ0) is 9.99. The zero-order valence-electron chi connectivity index (χ0n) is 6.62. The van der Waals surface area contributed by atoms with E-state index in [-0.39, 0.29) is 24.6 Å². The molecule has 0 aromatic rings. The average Bonchev–Trinajstić information content (AvgIpc) is 1.11. The van der Waals surface area contributed by atoms with Crippen molar-refractivity contribution in [2.24, 2.45) is 0 Å². The van der Waals surface area contributed by atoms with E-state index < -0.39 is 7.81 Å². The third-order valence-corrected chi connectivity index (χ3v) is 0. The Labute approximate surface area is 76.9 Å². The van der Waals surface area contributed by atoms with Crippen molar-refractivity contribution in [2.45, 2.75) is 13.8 Å². The van der Waals surface area contributed by atoms with Gasteiger partial charge in [-0.15, -0.1) is 0 Å². The van der Waals surface area contributed by atoms with E-state index in [1.807, 2.05) is 0 Å². The van der Waals surface area contributed by atoms with Gasteiger partial charge in [-0.1, -0.05) is 0 Å². The minimum Gasteiger partial charge on any atom is 1.00 e. The van der Waals surface area contributed by atoms with E-state index >= 15 is 0 Å². The minimum absolute atomic E-state index is 0. The molecule has 0 saturated carbocycles. The van der Waals surface area contributed by atoms with E-state index in [2.05, 4.69) is 0 Å². The molecule has 0 aromatic carbocycles. The van der Waals surface area contributed by atoms with Gasteiger partial charge in [0.05, 0.1) is 0 Å². The molecular weight excluding hydrogens is 204 g/mol. The van der Waals surface area contributed by atoms with Crippen LogP contribution in [0, 0.1) is 0 Å². The predicted octanol–water partition coefficient (Wildman–Crippen LogP) is 0.982. The molecule has 0 saturated heterocycles. The van der Waals surface area contributed by atoms with Crippen LogP contribution in [0.15, 0.2) is 0 Å². The second-order valence-corrected chi connectivity index (χ2v) is 3.78. The summed E-state index contributed by atoms with van der Waals surface area (Å²) in [5, 5.41) is 0. The smallest absolute Gasteiger partial charge is 1.00 e. The summed E-state index contributed by atoms with van der Waals surface area (Å²) in [6.07, 6.45) is 0. The molecule has 72 valence electrons. The van der Waals surface area contributed by atoms with Gasteiger partial charge >= 0.3 is 51.9 Å². The van der Waals surface area contributed by atoms with Crippen molar-refractivity contribution in [1.29, 1.82) is 0 Å². The van der Waals surface area contributed by atoms with Gasteiger partial charge in [-0.25, -0.2) is 0 Å². The molecule has 0 N–H and O–H groups in total. The average molecular weight is 210 g/mol. The van der Waals surface area contributed by atoms with E-state index in [1.165, 1.54) is 13.8 Å². The number of carbonyl (C=O) groups excluding carboxylic acids is 1. The number of hydrogen-bond donors (Lipinski definition) is 0. The van der Waals surface area contributed by atoms with Crippen LogP contribution in [-0.2, 0) is 4.79 Å². The molecule has 0 rings (SSSR count). The summed E-state index contributed by atoms with van der Waals surface area (Å²) in [7, 11) is -10.7. The number of halogens is 6. The van der Waals surface area contributed by atoms with Crippen molar-refractivity contribution in [3.8, 4) is 0 Å². The van der Waals surface area contributed by atoms with Gasteiger partial charge in [0, 0.05) is 0 Å². The Kier molecular flexibility index (Phi) is 5.39. The second kappa shape index (κ2) is 3.57. The Balaban J connectivity index is -0.000000142. The first-order valence-corrected chi connectivity index (χ1v) is 4.25. The fourth-order valence-corrected chi connectivity index (χ4v) is 0. The van der Waals surface area contributed by atoms with E-state index in [1.54, 1.807) is 0 Å². The fourth-order valence-electron chi connectivity index (χ4n) is 0. The molecule has 9 heteroatoms. The SMILES string of the molecule is CC(C)=O.F[P-](F)(F)(F)(F)F.[Li+]. The number of ketones is 1. The molecule has 0 atom stereocenters. The molecule has 0 fully saturated rings. The summed E-state index contributed by atoms with van der Waals surface area (Å²) < 4.78 is 59.2. The topological polar surface area (TPSA) is 17.1 Å². The molecule has 0 unspecified atom stereocenters. The van der Waals surface area contributed by atoms with Crippen LogP contribution in [-0.4, -0.2) is 5.78 Å². The molecule has 0 amide bonds. The van der Waals surface area contributed by atoms with Crippen LogP contribution in [0.1, 0.15) is 13.8 Å². The summed E-state index contributed by atoms with van der Waals surface area (Å²) in [6.45, 7) is 3.06. The fraction of sp³-hybridized carbons (Fsp3) is 0.667. The molecule has 0 aromatic heterocycles. The molecule has 0 aliphatic rings. The van der Waals surface area contributed by atoms with E-state index in [4.69, 9.17) is 0 Å². The standard InChI is InChI=1S/C3H6O.F6P.Li/c1-3(2)4;1-7(2,3,4,5)6;/h1-2H3;;/q;-1;+1. The van der Waals surface area contributed by atoms with Crippen molar-refractivity contribution >= 4 is 13.6 Å². The van der Waals surface area contributed by atoms with Crippen LogP contribution in [0.25, 0.3) is 0 Å². The van der Waals surface area contributed by atoms with Gasteiger partial charge in [-0.3, -0.25) is 0 Å². The van der Waals surface area contributed by atoms with E-state index in [0.717, 1.165) is 0 Å². The van der Waals surface area contributed by atoms with Crippen molar-refractivity contribution in [1.82, 2.24) is 0 Å². The first kappa shape index (κ1) is 18.1. The van der Waals surface area contributed by atoms with Gasteiger partial charge in [0.25, 0.3) is 0 Å². The molecule has 0 bridgehead atoms. The summed E-state index contributed by atoms with van der Waals surface area (Å²) in [6, 6.07) is 0. The Morgan fingerprint density at radius 3 is 0.917 bits per heavy atom. The zero-order valence-corrected chi connectivity index (χ0v) is 7.52. The maximum atomic E-state index is 9.87. The van der Waals surface area contributed by atoms with Crippen LogP contribution < -0.4 is 18.9 Å². The molecule has 0 radical (unpaired) electrons. The summed E-state index contributed by atoms with van der Waals surface area (Å²) in [4.78, 5) is 9.44. The van der Waals surface area contributed by atoms with Gasteiger partial charge in [0.1, 0.15) is 5.78 Å². The van der Waals surface area contributed by atoms with Crippen LogP contribution in [0.5, 0.6) is 0 Å². The number of carbonyl (C=O) groups is 1. The van der Waals surface area contributed by atoms with Crippen LogP contribution in [0.4, 0.5) is 25.2 Å². The first-order chi connectivity index (χ1) is 4.18. The van der Waals surface area contributed by atoms with Gasteiger partial charge < -0.3 is 4.79 Å². The molecule has 1 nitrogen and oxygen atoms in total. The first-order valence-electron chi connectivity index (χ1n) is 2.22. The third-order valence-electron chi connectivity index (χ3n) is 0. The Morgan fingerprint density at radius 2 is 0.917 bits per heavy atom. The van der Waals surface area contributed by atoms with E-state index in [0.29, 0.717) is 0 Å². The summed E-state index contributed by atoms with van der Waals surface area (Å²) >= 11 is 0. The monoisotopic (exact) mass is 210 g/mol. The van der Waals surface area contributed by atoms with Gasteiger partial charge in [-0.2, -0.15) is 0 Å². The maximum absolute atomic E-state index is 10.7. The molecule has 12 heavy (non-hydrogen) atoms. The third kappa shape index (κ3) is 11500. The Hall–Kier alpha value is 0.277. The largest absolute Gasteiger partial charge is 1.00 e. The van der Waals surface area contributed by atoms with Crippen LogP contribution >= 0.6 is 7.81 Å². The van der Waals surface area contributed by atoms with E-state index in [9.17, 15) is 30.0 Å². The van der Waals surface area contributed by atoms with Crippen LogP contribution in [0.3, 0.4) is 0 Å². The van der Waals surface area contributed by atoms with Gasteiger partial charge in [-0.05, 0) is 13.8 Å². The summed E-state index contributed by atoms with van der Waals surface area (Å²) in [5.41, 5.74) is 0. The second-order valence-electron chi connectivity index (χ2n) is 1.87. The quantitative estimate of drug-likeness (QED) is 0.331. The molecule has 0 aliphatic heterocycles. The van der Waals surface area contributed by atoms with Crippen molar-refractivity contribution in [3.05, 3.63) is 0 Å². The normalized spacial score (nSPS) is 15.7. The minimum atomic E-state index is -10.7. The summed E-state index contributed by atoms with van der Waals surface area (Å²) in [5.74, 6) is 0.167. The predicted molar refractivity (Wildman–Crippen MR) is 29.9 cm³/mol. The van der Waals surface area contributed by atoms with Crippen molar-refractivity contribution in [2.75, 3.05) is 0 Å². The molecule has 0 aliphatic carbocycles. The molecule has 0 heterocycles. The number of hydrogen-bond acceptors (Lipinski definition) is 1. The Bertz CT molecular complexity index is 141. The van der Waals surface area contributed by atoms with Gasteiger partial charge in [0.15, 0.2) is 0 Å². The molecular formula is C3H6F6LiOP. The Morgan fingerprint density at radius 1 is 0.917 bits per heavy atom. The number of Topliss-reactive ketones (excluding diaryl/α,β-unsaturated/α-hetero) is 1. The van der Waals surface area contributed by atoms with Crippen molar-refractivity contribution in [3.63, 3.8) is 0 Å². The number of rotatable bonds is 0. The van der Waals surface area contributed by atoms with Crippen molar-refractivity contribution < 1.29 is 48.8 Å². The van der Waals surface area contributed by atoms with Crippen LogP contribution in [0.2, 0.25) is 0 Å². The molecule has 0 spiro atoms. The maximum Gasteiger partial charge on any atom is 1.00 e. The van der Waals surface area contributed by atoms with Gasteiger partial charge in [0.2, 0.25) is 0 Å².